The summed E-state index contributed by atoms with van der Waals surface area (Å²) in [5.41, 5.74) is 2.36. The van der Waals surface area contributed by atoms with E-state index in [4.69, 9.17) is 4.74 Å². The third-order valence-corrected chi connectivity index (χ3v) is 3.38. The van der Waals surface area contributed by atoms with Gasteiger partial charge in [-0.15, -0.1) is 0 Å². The van der Waals surface area contributed by atoms with Gasteiger partial charge in [0.25, 0.3) is 0 Å². The number of aromatic nitrogens is 2. The molecule has 20 heavy (non-hydrogen) atoms. The van der Waals surface area contributed by atoms with Gasteiger partial charge in [0.1, 0.15) is 6.33 Å². The Labute approximate surface area is 120 Å². The predicted molar refractivity (Wildman–Crippen MR) is 79.8 cm³/mol. The molecule has 0 aliphatic heterocycles. The van der Waals surface area contributed by atoms with Crippen molar-refractivity contribution in [3.05, 3.63) is 54.0 Å². The van der Waals surface area contributed by atoms with E-state index in [-0.39, 0.29) is 6.04 Å². The second-order valence-electron chi connectivity index (χ2n) is 4.70. The van der Waals surface area contributed by atoms with Crippen molar-refractivity contribution in [1.29, 1.82) is 0 Å². The van der Waals surface area contributed by atoms with Crippen molar-refractivity contribution >= 4 is 0 Å². The Hall–Kier alpha value is -1.94. The zero-order valence-corrected chi connectivity index (χ0v) is 12.0. The molecule has 4 heteroatoms. The summed E-state index contributed by atoms with van der Waals surface area (Å²) in [5.74, 6) is 0.610. The molecule has 0 bridgehead atoms. The summed E-state index contributed by atoms with van der Waals surface area (Å²) in [5, 5.41) is 3.31. The Balaban J connectivity index is 1.91. The molecule has 0 saturated carbocycles. The molecule has 0 saturated heterocycles. The van der Waals surface area contributed by atoms with E-state index in [1.165, 1.54) is 5.56 Å². The van der Waals surface area contributed by atoms with Crippen molar-refractivity contribution in [2.75, 3.05) is 14.2 Å². The van der Waals surface area contributed by atoms with Crippen molar-refractivity contribution in [2.45, 2.75) is 25.3 Å². The maximum absolute atomic E-state index is 5.14. The van der Waals surface area contributed by atoms with Gasteiger partial charge in [-0.25, -0.2) is 9.97 Å². The lowest BCUT2D eigenvalue weighted by atomic mass is 10.0. The van der Waals surface area contributed by atoms with Crippen molar-refractivity contribution in [2.24, 2.45) is 0 Å². The number of hydrogen-bond donors (Lipinski definition) is 1. The minimum atomic E-state index is 0.232. The first-order valence-corrected chi connectivity index (χ1v) is 6.90. The fourth-order valence-corrected chi connectivity index (χ4v) is 2.25. The molecule has 2 rings (SSSR count). The molecule has 1 aromatic carbocycles. The standard InChI is InChI=1S/C16H21N3O/c1-17-14(15-11-16(20-2)19-12-18-15)10-6-9-13-7-4-3-5-8-13/h3-5,7-8,11-12,14,17H,6,9-10H2,1-2H3. The molecule has 2 aromatic rings. The van der Waals surface area contributed by atoms with E-state index in [0.29, 0.717) is 5.88 Å². The zero-order chi connectivity index (χ0) is 14.2. The smallest absolute Gasteiger partial charge is 0.216 e. The van der Waals surface area contributed by atoms with Crippen LogP contribution in [0.1, 0.15) is 30.1 Å². The van der Waals surface area contributed by atoms with Gasteiger partial charge in [0.15, 0.2) is 0 Å². The monoisotopic (exact) mass is 271 g/mol. The fourth-order valence-electron chi connectivity index (χ4n) is 2.25. The third-order valence-electron chi connectivity index (χ3n) is 3.38. The molecule has 1 aromatic heterocycles. The summed E-state index contributed by atoms with van der Waals surface area (Å²) in [6.07, 6.45) is 4.78. The summed E-state index contributed by atoms with van der Waals surface area (Å²) in [4.78, 5) is 8.37. The lowest BCUT2D eigenvalue weighted by Gasteiger charge is -2.15. The highest BCUT2D eigenvalue weighted by Crippen LogP contribution is 2.19. The van der Waals surface area contributed by atoms with Crippen LogP contribution in [0.2, 0.25) is 0 Å². The molecule has 0 aliphatic carbocycles. The number of aryl methyl sites for hydroxylation is 1. The average molecular weight is 271 g/mol. The Morgan fingerprint density at radius 2 is 2.00 bits per heavy atom. The first-order valence-electron chi connectivity index (χ1n) is 6.90. The summed E-state index contributed by atoms with van der Waals surface area (Å²) in [6.45, 7) is 0. The predicted octanol–water partition coefficient (Wildman–Crippen LogP) is 2.77. The second-order valence-corrected chi connectivity index (χ2v) is 4.70. The number of ether oxygens (including phenoxy) is 1. The minimum Gasteiger partial charge on any atom is -0.481 e. The molecule has 0 fully saturated rings. The number of rotatable bonds is 7. The first kappa shape index (κ1) is 14.5. The lowest BCUT2D eigenvalue weighted by molar-refractivity contribution is 0.393. The summed E-state index contributed by atoms with van der Waals surface area (Å²) in [6, 6.07) is 12.7. The topological polar surface area (TPSA) is 47.0 Å². The van der Waals surface area contributed by atoms with Gasteiger partial charge in [0.05, 0.1) is 12.8 Å². The molecule has 1 atom stereocenters. The molecule has 0 spiro atoms. The Bertz CT molecular complexity index is 516. The van der Waals surface area contributed by atoms with Crippen LogP contribution in [0.4, 0.5) is 0 Å². The first-order chi connectivity index (χ1) is 9.83. The van der Waals surface area contributed by atoms with E-state index in [1.54, 1.807) is 13.4 Å². The number of nitrogens with zero attached hydrogens (tertiary/aromatic N) is 2. The van der Waals surface area contributed by atoms with Crippen LogP contribution in [-0.2, 0) is 6.42 Å². The van der Waals surface area contributed by atoms with Crippen LogP contribution in [0.25, 0.3) is 0 Å². The maximum atomic E-state index is 5.14. The average Bonchev–Trinajstić information content (AvgIpc) is 2.52. The van der Waals surface area contributed by atoms with E-state index >= 15 is 0 Å². The van der Waals surface area contributed by atoms with E-state index < -0.39 is 0 Å². The normalized spacial score (nSPS) is 12.1. The molecule has 106 valence electrons. The Morgan fingerprint density at radius 3 is 2.70 bits per heavy atom. The largest absolute Gasteiger partial charge is 0.481 e. The second kappa shape index (κ2) is 7.60. The Kier molecular flexibility index (Phi) is 5.50. The third kappa shape index (κ3) is 4.03. The SMILES string of the molecule is CNC(CCCc1ccccc1)c1cc(OC)ncn1. The summed E-state index contributed by atoms with van der Waals surface area (Å²) in [7, 11) is 3.58. The van der Waals surface area contributed by atoms with E-state index in [1.807, 2.05) is 19.2 Å². The molecule has 1 N–H and O–H groups in total. The molecule has 0 amide bonds. The number of methoxy groups -OCH3 is 1. The van der Waals surface area contributed by atoms with E-state index in [2.05, 4.69) is 39.6 Å². The minimum absolute atomic E-state index is 0.232. The van der Waals surface area contributed by atoms with Gasteiger partial charge in [-0.2, -0.15) is 0 Å². The molecule has 1 heterocycles. The molecule has 1 unspecified atom stereocenters. The van der Waals surface area contributed by atoms with Gasteiger partial charge in [-0.05, 0) is 31.9 Å². The van der Waals surface area contributed by atoms with Gasteiger partial charge in [-0.1, -0.05) is 30.3 Å². The molecular formula is C16H21N3O. The molecule has 0 aliphatic rings. The highest BCUT2D eigenvalue weighted by Gasteiger charge is 2.11. The van der Waals surface area contributed by atoms with Gasteiger partial charge in [-0.3, -0.25) is 0 Å². The van der Waals surface area contributed by atoms with Crippen LogP contribution in [0.3, 0.4) is 0 Å². The lowest BCUT2D eigenvalue weighted by Crippen LogP contribution is -2.18. The molecule has 0 radical (unpaired) electrons. The number of nitrogens with one attached hydrogen (secondary N) is 1. The van der Waals surface area contributed by atoms with Crippen LogP contribution < -0.4 is 10.1 Å². The van der Waals surface area contributed by atoms with Crippen molar-refractivity contribution in [3.8, 4) is 5.88 Å². The zero-order valence-electron chi connectivity index (χ0n) is 12.0. The number of benzene rings is 1. The maximum Gasteiger partial charge on any atom is 0.216 e. The van der Waals surface area contributed by atoms with Gasteiger partial charge in [0, 0.05) is 12.1 Å². The molecular weight excluding hydrogens is 250 g/mol. The summed E-state index contributed by atoms with van der Waals surface area (Å²) < 4.78 is 5.14. The van der Waals surface area contributed by atoms with Gasteiger partial charge < -0.3 is 10.1 Å². The fraction of sp³-hybridized carbons (Fsp3) is 0.375. The Morgan fingerprint density at radius 1 is 1.20 bits per heavy atom. The highest BCUT2D eigenvalue weighted by molar-refractivity contribution is 5.17. The van der Waals surface area contributed by atoms with Crippen LogP contribution >= 0.6 is 0 Å². The van der Waals surface area contributed by atoms with Gasteiger partial charge in [0.2, 0.25) is 5.88 Å². The van der Waals surface area contributed by atoms with E-state index in [9.17, 15) is 0 Å². The summed E-state index contributed by atoms with van der Waals surface area (Å²) >= 11 is 0. The van der Waals surface area contributed by atoms with Crippen LogP contribution in [-0.4, -0.2) is 24.1 Å². The van der Waals surface area contributed by atoms with Crippen LogP contribution in [0, 0.1) is 0 Å². The van der Waals surface area contributed by atoms with E-state index in [0.717, 1.165) is 25.0 Å². The highest BCUT2D eigenvalue weighted by atomic mass is 16.5. The van der Waals surface area contributed by atoms with Crippen molar-refractivity contribution in [3.63, 3.8) is 0 Å². The van der Waals surface area contributed by atoms with Crippen molar-refractivity contribution < 1.29 is 4.74 Å². The van der Waals surface area contributed by atoms with Crippen LogP contribution in [0.5, 0.6) is 5.88 Å². The van der Waals surface area contributed by atoms with Gasteiger partial charge >= 0.3 is 0 Å². The van der Waals surface area contributed by atoms with Crippen LogP contribution in [0.15, 0.2) is 42.7 Å². The number of hydrogen-bond acceptors (Lipinski definition) is 4. The quantitative estimate of drug-likeness (QED) is 0.841. The van der Waals surface area contributed by atoms with Crippen molar-refractivity contribution in [1.82, 2.24) is 15.3 Å². The molecule has 4 nitrogen and oxygen atoms in total.